The zero-order chi connectivity index (χ0) is 19.7. The van der Waals surface area contributed by atoms with Crippen LogP contribution in [0.4, 0.5) is 17.6 Å². The van der Waals surface area contributed by atoms with Crippen molar-refractivity contribution < 1.29 is 31.8 Å². The molecule has 0 unspecified atom stereocenters. The average molecular weight is 392 g/mol. The number of benzene rings is 1. The van der Waals surface area contributed by atoms with Gasteiger partial charge in [0, 0.05) is 5.92 Å². The standard InChI is InChI=1S/C20H28F4O3/c1-2-3-6-16-13-25-18(26-14-16)8-5-4-7-15-9-11-17(12-10-15)27-20(23,24)19(21)22/h9-12,16,18-19H,2-8,13-14H2,1H3. The minimum atomic E-state index is -4.48. The lowest BCUT2D eigenvalue weighted by atomic mass is 10.0. The van der Waals surface area contributed by atoms with Gasteiger partial charge in [-0.15, -0.1) is 0 Å². The fraction of sp³-hybridized carbons (Fsp3) is 0.700. The second-order valence-corrected chi connectivity index (χ2v) is 6.96. The first-order chi connectivity index (χ1) is 12.9. The minimum Gasteiger partial charge on any atom is -0.428 e. The van der Waals surface area contributed by atoms with Gasteiger partial charge in [-0.05, 0) is 49.8 Å². The van der Waals surface area contributed by atoms with Crippen LogP contribution in [0, 0.1) is 5.92 Å². The molecule has 3 nitrogen and oxygen atoms in total. The molecule has 0 N–H and O–H groups in total. The van der Waals surface area contributed by atoms with E-state index in [-0.39, 0.29) is 12.0 Å². The Morgan fingerprint density at radius 2 is 1.70 bits per heavy atom. The van der Waals surface area contributed by atoms with Crippen molar-refractivity contribution in [2.24, 2.45) is 5.92 Å². The first-order valence-corrected chi connectivity index (χ1v) is 9.58. The van der Waals surface area contributed by atoms with Gasteiger partial charge in [0.05, 0.1) is 13.2 Å². The van der Waals surface area contributed by atoms with Gasteiger partial charge in [0.2, 0.25) is 0 Å². The molecule has 154 valence electrons. The molecule has 27 heavy (non-hydrogen) atoms. The van der Waals surface area contributed by atoms with E-state index in [0.717, 1.165) is 50.9 Å². The van der Waals surface area contributed by atoms with E-state index in [1.165, 1.54) is 25.0 Å². The Morgan fingerprint density at radius 3 is 2.30 bits per heavy atom. The molecule has 1 aromatic carbocycles. The highest BCUT2D eigenvalue weighted by Crippen LogP contribution is 2.27. The number of ether oxygens (including phenoxy) is 3. The van der Waals surface area contributed by atoms with E-state index >= 15 is 0 Å². The van der Waals surface area contributed by atoms with Crippen LogP contribution in [0.2, 0.25) is 0 Å². The van der Waals surface area contributed by atoms with Gasteiger partial charge >= 0.3 is 12.5 Å². The Hall–Kier alpha value is -1.34. The topological polar surface area (TPSA) is 27.7 Å². The molecule has 0 saturated carbocycles. The van der Waals surface area contributed by atoms with Gasteiger partial charge in [0.1, 0.15) is 5.75 Å². The summed E-state index contributed by atoms with van der Waals surface area (Å²) >= 11 is 0. The third-order valence-corrected chi connectivity index (χ3v) is 4.59. The number of hydrogen-bond donors (Lipinski definition) is 0. The molecular weight excluding hydrogens is 364 g/mol. The summed E-state index contributed by atoms with van der Waals surface area (Å²) in [5.74, 6) is 0.227. The second-order valence-electron chi connectivity index (χ2n) is 6.96. The quantitative estimate of drug-likeness (QED) is 0.351. The van der Waals surface area contributed by atoms with E-state index < -0.39 is 12.5 Å². The van der Waals surface area contributed by atoms with Crippen LogP contribution in [-0.4, -0.2) is 32.0 Å². The summed E-state index contributed by atoms with van der Waals surface area (Å²) < 4.78 is 65.5. The van der Waals surface area contributed by atoms with Crippen molar-refractivity contribution >= 4 is 0 Å². The lowest BCUT2D eigenvalue weighted by molar-refractivity contribution is -0.253. The fourth-order valence-electron chi connectivity index (χ4n) is 2.98. The van der Waals surface area contributed by atoms with Crippen LogP contribution in [-0.2, 0) is 15.9 Å². The van der Waals surface area contributed by atoms with Crippen molar-refractivity contribution in [1.29, 1.82) is 0 Å². The number of aryl methyl sites for hydroxylation is 1. The number of unbranched alkanes of at least 4 members (excludes halogenated alkanes) is 2. The predicted molar refractivity (Wildman–Crippen MR) is 94.3 cm³/mol. The minimum absolute atomic E-state index is 0.143. The predicted octanol–water partition coefficient (Wildman–Crippen LogP) is 5.82. The van der Waals surface area contributed by atoms with Crippen molar-refractivity contribution in [3.05, 3.63) is 29.8 Å². The summed E-state index contributed by atoms with van der Waals surface area (Å²) in [6, 6.07) is 5.80. The van der Waals surface area contributed by atoms with E-state index in [1.54, 1.807) is 12.1 Å². The zero-order valence-corrected chi connectivity index (χ0v) is 15.6. The fourth-order valence-corrected chi connectivity index (χ4v) is 2.98. The van der Waals surface area contributed by atoms with Gasteiger partial charge in [0.25, 0.3) is 0 Å². The largest absolute Gasteiger partial charge is 0.461 e. The molecule has 7 heteroatoms. The monoisotopic (exact) mass is 392 g/mol. The summed E-state index contributed by atoms with van der Waals surface area (Å²) in [7, 11) is 0. The van der Waals surface area contributed by atoms with Gasteiger partial charge in [-0.3, -0.25) is 0 Å². The molecule has 0 radical (unpaired) electrons. The summed E-state index contributed by atoms with van der Waals surface area (Å²) in [5.41, 5.74) is 0.938. The van der Waals surface area contributed by atoms with Gasteiger partial charge in [-0.1, -0.05) is 31.9 Å². The van der Waals surface area contributed by atoms with Crippen molar-refractivity contribution in [3.63, 3.8) is 0 Å². The molecule has 2 rings (SSSR count). The maximum absolute atomic E-state index is 12.8. The highest BCUT2D eigenvalue weighted by molar-refractivity contribution is 5.27. The molecule has 1 heterocycles. The number of hydrogen-bond acceptors (Lipinski definition) is 3. The lowest BCUT2D eigenvalue weighted by Crippen LogP contribution is -2.33. The van der Waals surface area contributed by atoms with Crippen LogP contribution < -0.4 is 4.74 Å². The van der Waals surface area contributed by atoms with Crippen LogP contribution in [0.3, 0.4) is 0 Å². The van der Waals surface area contributed by atoms with E-state index in [9.17, 15) is 17.6 Å². The third-order valence-electron chi connectivity index (χ3n) is 4.59. The van der Waals surface area contributed by atoms with Gasteiger partial charge in [-0.25, -0.2) is 0 Å². The van der Waals surface area contributed by atoms with Crippen LogP contribution in [0.15, 0.2) is 24.3 Å². The summed E-state index contributed by atoms with van der Waals surface area (Å²) in [6.07, 6.45) is -1.54. The first kappa shape index (κ1) is 22.0. The molecular formula is C20H28F4O3. The molecule has 1 fully saturated rings. The van der Waals surface area contributed by atoms with E-state index in [2.05, 4.69) is 11.7 Å². The van der Waals surface area contributed by atoms with Gasteiger partial charge in [0.15, 0.2) is 6.29 Å². The van der Waals surface area contributed by atoms with Gasteiger partial charge in [-0.2, -0.15) is 17.6 Å². The molecule has 0 aromatic heterocycles. The molecule has 0 aliphatic carbocycles. The highest BCUT2D eigenvalue weighted by atomic mass is 19.3. The Labute approximate surface area is 158 Å². The van der Waals surface area contributed by atoms with Crippen LogP contribution in [0.5, 0.6) is 5.75 Å². The first-order valence-electron chi connectivity index (χ1n) is 9.58. The van der Waals surface area contributed by atoms with Crippen molar-refractivity contribution in [1.82, 2.24) is 0 Å². The number of alkyl halides is 4. The summed E-state index contributed by atoms with van der Waals surface area (Å²) in [6.45, 7) is 3.69. The average Bonchev–Trinajstić information content (AvgIpc) is 2.65. The smallest absolute Gasteiger partial charge is 0.428 e. The maximum atomic E-state index is 12.8. The molecule has 0 amide bonds. The van der Waals surface area contributed by atoms with E-state index in [1.807, 2.05) is 0 Å². The summed E-state index contributed by atoms with van der Waals surface area (Å²) in [5, 5.41) is 0. The molecule has 1 aliphatic heterocycles. The third kappa shape index (κ3) is 7.66. The van der Waals surface area contributed by atoms with Gasteiger partial charge < -0.3 is 14.2 Å². The van der Waals surface area contributed by atoms with Crippen LogP contribution >= 0.6 is 0 Å². The molecule has 0 spiro atoms. The Balaban J connectivity index is 1.62. The number of rotatable bonds is 11. The van der Waals surface area contributed by atoms with Crippen LogP contribution in [0.1, 0.15) is 51.0 Å². The summed E-state index contributed by atoms with van der Waals surface area (Å²) in [4.78, 5) is 0. The Bertz CT molecular complexity index is 529. The van der Waals surface area contributed by atoms with Crippen molar-refractivity contribution in [2.75, 3.05) is 13.2 Å². The normalized spacial score (nSPS) is 20.8. The highest BCUT2D eigenvalue weighted by Gasteiger charge is 2.43. The van der Waals surface area contributed by atoms with Crippen LogP contribution in [0.25, 0.3) is 0 Å². The number of halogens is 4. The maximum Gasteiger partial charge on any atom is 0.461 e. The zero-order valence-electron chi connectivity index (χ0n) is 15.6. The molecule has 0 bridgehead atoms. The second kappa shape index (κ2) is 10.9. The Kier molecular flexibility index (Phi) is 8.83. The lowest BCUT2D eigenvalue weighted by Gasteiger charge is -2.29. The molecule has 1 aromatic rings. The van der Waals surface area contributed by atoms with E-state index in [4.69, 9.17) is 9.47 Å². The molecule has 1 saturated heterocycles. The van der Waals surface area contributed by atoms with E-state index in [0.29, 0.717) is 5.92 Å². The van der Waals surface area contributed by atoms with Crippen molar-refractivity contribution in [2.45, 2.75) is 70.7 Å². The SMILES string of the molecule is CCCCC1COC(CCCCc2ccc(OC(F)(F)C(F)F)cc2)OC1. The molecule has 0 atom stereocenters. The Morgan fingerprint density at radius 1 is 1.04 bits per heavy atom. The van der Waals surface area contributed by atoms with Crippen molar-refractivity contribution in [3.8, 4) is 5.75 Å². The molecule has 1 aliphatic rings.